The lowest BCUT2D eigenvalue weighted by Gasteiger charge is -2.18. The molecule has 0 aromatic heterocycles. The van der Waals surface area contributed by atoms with E-state index in [-0.39, 0.29) is 31.6 Å². The molecule has 0 rings (SSSR count). The molecule has 0 aliphatic carbocycles. The number of hydrogen-bond donors (Lipinski definition) is 0. The van der Waals surface area contributed by atoms with Gasteiger partial charge in [0.1, 0.15) is 13.2 Å². The summed E-state index contributed by atoms with van der Waals surface area (Å²) >= 11 is 0. The topological polar surface area (TPSA) is 78.9 Å². The van der Waals surface area contributed by atoms with Crippen LogP contribution >= 0.6 is 0 Å². The first kappa shape index (κ1) is 73.1. The summed E-state index contributed by atoms with van der Waals surface area (Å²) in [6, 6.07) is 0. The average molecular weight is 1070 g/mol. The lowest BCUT2D eigenvalue weighted by molar-refractivity contribution is -0.166. The van der Waals surface area contributed by atoms with Crippen LogP contribution in [0.2, 0.25) is 0 Å². The summed E-state index contributed by atoms with van der Waals surface area (Å²) in [5.74, 6) is -1.05. The number of hydrogen-bond acceptors (Lipinski definition) is 6. The van der Waals surface area contributed by atoms with Crippen molar-refractivity contribution in [1.82, 2.24) is 0 Å². The van der Waals surface area contributed by atoms with Gasteiger partial charge in [-0.15, -0.1) is 0 Å². The standard InChI is InChI=1S/C71H120O6/c1-4-7-10-13-16-19-22-25-28-30-32-34-35-37-38-40-43-46-49-52-55-58-61-64-70(73)76-67-68(66-75-69(72)63-60-57-54-51-48-45-42-27-24-21-18-15-12-9-6-3)77-71(74)65-62-59-56-53-50-47-44-41-39-36-33-31-29-26-23-20-17-14-11-8-5-2/h9,12,18,21-22,25,27,30-33,35,37,42,48,51,57,60,68H,4-8,10-11,13-17,19-20,23-24,26,28-29,34,36,38-41,43-47,49-50,52-56,58-59,61-67H2,1-3H3/b12-9-,21-18-,25-22-,32-30-,33-31-,37-35-,42-27-,51-48-,60-57-. The zero-order valence-electron chi connectivity index (χ0n) is 50.4. The van der Waals surface area contributed by atoms with Crippen LogP contribution in [0.15, 0.2) is 109 Å². The minimum Gasteiger partial charge on any atom is -0.462 e. The number of unbranched alkanes of at least 4 members (excludes halogenated alkanes) is 30. The second-order valence-electron chi connectivity index (χ2n) is 21.3. The van der Waals surface area contributed by atoms with Gasteiger partial charge in [0.25, 0.3) is 0 Å². The Hall–Kier alpha value is -3.93. The Morgan fingerprint density at radius 2 is 0.558 bits per heavy atom. The molecule has 0 radical (unpaired) electrons. The van der Waals surface area contributed by atoms with Crippen molar-refractivity contribution >= 4 is 17.9 Å². The highest BCUT2D eigenvalue weighted by Crippen LogP contribution is 2.16. The molecule has 0 aliphatic heterocycles. The molecule has 6 heteroatoms. The van der Waals surface area contributed by atoms with Crippen molar-refractivity contribution in [3.8, 4) is 0 Å². The lowest BCUT2D eigenvalue weighted by Crippen LogP contribution is -2.30. The van der Waals surface area contributed by atoms with Crippen LogP contribution in [0.3, 0.4) is 0 Å². The molecule has 440 valence electrons. The molecule has 0 saturated heterocycles. The summed E-state index contributed by atoms with van der Waals surface area (Å²) < 4.78 is 16.8. The number of rotatable bonds is 58. The van der Waals surface area contributed by atoms with Crippen LogP contribution in [0.1, 0.15) is 303 Å². The molecule has 1 atom stereocenters. The van der Waals surface area contributed by atoms with E-state index >= 15 is 0 Å². The van der Waals surface area contributed by atoms with Crippen LogP contribution in [0.25, 0.3) is 0 Å². The second kappa shape index (κ2) is 64.6. The number of allylic oxidation sites excluding steroid dienone is 17. The van der Waals surface area contributed by atoms with Gasteiger partial charge in [0, 0.05) is 12.8 Å². The number of carbonyl (C=O) groups is 3. The number of ether oxygens (including phenoxy) is 3. The van der Waals surface area contributed by atoms with E-state index in [9.17, 15) is 14.4 Å². The maximum Gasteiger partial charge on any atom is 0.309 e. The monoisotopic (exact) mass is 1070 g/mol. The third-order valence-electron chi connectivity index (χ3n) is 13.8. The molecule has 0 spiro atoms. The van der Waals surface area contributed by atoms with Crippen molar-refractivity contribution in [1.29, 1.82) is 0 Å². The van der Waals surface area contributed by atoms with Gasteiger partial charge in [0.05, 0.1) is 6.42 Å². The smallest absolute Gasteiger partial charge is 0.309 e. The molecular formula is C71H120O6. The molecule has 0 heterocycles. The van der Waals surface area contributed by atoms with Gasteiger partial charge in [-0.2, -0.15) is 0 Å². The van der Waals surface area contributed by atoms with Gasteiger partial charge in [-0.1, -0.05) is 284 Å². The Kier molecular flexibility index (Phi) is 61.3. The normalized spacial score (nSPS) is 12.8. The molecule has 0 aromatic rings. The first-order valence-electron chi connectivity index (χ1n) is 32.4. The van der Waals surface area contributed by atoms with E-state index in [4.69, 9.17) is 14.2 Å². The third-order valence-corrected chi connectivity index (χ3v) is 13.8. The Morgan fingerprint density at radius 1 is 0.286 bits per heavy atom. The molecule has 0 aromatic carbocycles. The molecule has 0 bridgehead atoms. The van der Waals surface area contributed by atoms with Crippen molar-refractivity contribution in [2.24, 2.45) is 0 Å². The van der Waals surface area contributed by atoms with E-state index < -0.39 is 12.1 Å². The molecule has 1 unspecified atom stereocenters. The molecule has 6 nitrogen and oxygen atoms in total. The van der Waals surface area contributed by atoms with Crippen molar-refractivity contribution in [2.45, 2.75) is 309 Å². The zero-order valence-corrected chi connectivity index (χ0v) is 50.4. The predicted molar refractivity (Wildman–Crippen MR) is 334 cm³/mol. The van der Waals surface area contributed by atoms with Gasteiger partial charge in [-0.05, 0) is 109 Å². The fourth-order valence-electron chi connectivity index (χ4n) is 8.93. The van der Waals surface area contributed by atoms with E-state index in [0.29, 0.717) is 12.8 Å². The summed E-state index contributed by atoms with van der Waals surface area (Å²) in [5, 5.41) is 0. The van der Waals surface area contributed by atoms with Gasteiger partial charge >= 0.3 is 17.9 Å². The highest BCUT2D eigenvalue weighted by Gasteiger charge is 2.19. The SMILES string of the molecule is CC/C=C\C/C=C\C/C=C\C/C=C\C/C=C\CC(=O)OCC(COC(=O)CCCCCCCCCC/C=C\C/C=C\C/C=C\CCCCCCC)OC(=O)CCCCCCCCCCC/C=C\CCCCCCCCCC. The molecule has 0 amide bonds. The van der Waals surface area contributed by atoms with Crippen molar-refractivity contribution in [2.75, 3.05) is 13.2 Å². The minimum atomic E-state index is -0.825. The molecule has 0 aliphatic rings. The molecular weight excluding hydrogens is 949 g/mol. The second-order valence-corrected chi connectivity index (χ2v) is 21.3. The van der Waals surface area contributed by atoms with Crippen LogP contribution in [0.4, 0.5) is 0 Å². The van der Waals surface area contributed by atoms with E-state index in [0.717, 1.165) is 89.9 Å². The largest absolute Gasteiger partial charge is 0.462 e. The van der Waals surface area contributed by atoms with Gasteiger partial charge in [-0.25, -0.2) is 0 Å². The predicted octanol–water partition coefficient (Wildman–Crippen LogP) is 22.2. The number of carbonyl (C=O) groups excluding carboxylic acids is 3. The van der Waals surface area contributed by atoms with Crippen molar-refractivity contribution in [3.05, 3.63) is 109 Å². The van der Waals surface area contributed by atoms with Crippen LogP contribution in [0, 0.1) is 0 Å². The van der Waals surface area contributed by atoms with E-state index in [2.05, 4.69) is 118 Å². The summed E-state index contributed by atoms with van der Waals surface area (Å²) in [5.41, 5.74) is 0. The van der Waals surface area contributed by atoms with Gasteiger partial charge in [0.2, 0.25) is 0 Å². The maximum atomic E-state index is 12.9. The van der Waals surface area contributed by atoms with E-state index in [1.807, 2.05) is 6.08 Å². The van der Waals surface area contributed by atoms with Crippen LogP contribution in [-0.4, -0.2) is 37.2 Å². The summed E-state index contributed by atoms with van der Waals surface area (Å²) in [6.07, 6.45) is 88.3. The first-order valence-corrected chi connectivity index (χ1v) is 32.4. The van der Waals surface area contributed by atoms with Crippen LogP contribution in [0.5, 0.6) is 0 Å². The molecule has 0 N–H and O–H groups in total. The Morgan fingerprint density at radius 3 is 0.922 bits per heavy atom. The first-order chi connectivity index (χ1) is 38.0. The van der Waals surface area contributed by atoms with Gasteiger partial charge in [-0.3, -0.25) is 14.4 Å². The lowest BCUT2D eigenvalue weighted by atomic mass is 10.1. The van der Waals surface area contributed by atoms with E-state index in [1.54, 1.807) is 6.08 Å². The van der Waals surface area contributed by atoms with Gasteiger partial charge in [0.15, 0.2) is 6.10 Å². The summed E-state index contributed by atoms with van der Waals surface area (Å²) in [4.78, 5) is 38.3. The zero-order chi connectivity index (χ0) is 55.7. The number of esters is 3. The quantitative estimate of drug-likeness (QED) is 0.0261. The molecule has 0 fully saturated rings. The van der Waals surface area contributed by atoms with Crippen LogP contribution in [-0.2, 0) is 28.6 Å². The Balaban J connectivity index is 4.44. The fourth-order valence-corrected chi connectivity index (χ4v) is 8.93. The van der Waals surface area contributed by atoms with Crippen molar-refractivity contribution in [3.63, 3.8) is 0 Å². The fraction of sp³-hybridized carbons (Fsp3) is 0.704. The highest BCUT2D eigenvalue weighted by molar-refractivity contribution is 5.72. The Bertz CT molecular complexity index is 1560. The molecule has 0 saturated carbocycles. The molecule has 77 heavy (non-hydrogen) atoms. The van der Waals surface area contributed by atoms with Crippen LogP contribution < -0.4 is 0 Å². The average Bonchev–Trinajstić information content (AvgIpc) is 3.43. The van der Waals surface area contributed by atoms with Gasteiger partial charge < -0.3 is 14.2 Å². The minimum absolute atomic E-state index is 0.113. The Labute approximate surface area is 476 Å². The maximum absolute atomic E-state index is 12.9. The highest BCUT2D eigenvalue weighted by atomic mass is 16.6. The third kappa shape index (κ3) is 62.8. The summed E-state index contributed by atoms with van der Waals surface area (Å²) in [6.45, 7) is 6.44. The summed E-state index contributed by atoms with van der Waals surface area (Å²) in [7, 11) is 0. The van der Waals surface area contributed by atoms with Crippen molar-refractivity contribution < 1.29 is 28.6 Å². The van der Waals surface area contributed by atoms with E-state index in [1.165, 1.54) is 173 Å².